The number of carbonyl (C=O) groups excluding carboxylic acids is 1. The van der Waals surface area contributed by atoms with Crippen LogP contribution in [-0.4, -0.2) is 26.9 Å². The van der Waals surface area contributed by atoms with Gasteiger partial charge in [-0.1, -0.05) is 41.9 Å². The predicted molar refractivity (Wildman–Crippen MR) is 98.9 cm³/mol. The van der Waals surface area contributed by atoms with E-state index in [1.165, 1.54) is 24.3 Å². The van der Waals surface area contributed by atoms with Gasteiger partial charge in [0.05, 0.1) is 17.4 Å². The molecule has 0 fully saturated rings. The Balaban J connectivity index is 2.20. The lowest BCUT2D eigenvalue weighted by atomic mass is 10.1. The van der Waals surface area contributed by atoms with Crippen LogP contribution in [0.3, 0.4) is 0 Å². The molecule has 26 heavy (non-hydrogen) atoms. The number of rotatable bonds is 8. The number of halogens is 1. The molecule has 0 heterocycles. The Morgan fingerprint density at radius 1 is 1.12 bits per heavy atom. The molecule has 0 aromatic heterocycles. The third kappa shape index (κ3) is 5.85. The zero-order valence-electron chi connectivity index (χ0n) is 13.9. The van der Waals surface area contributed by atoms with Crippen LogP contribution < -0.4 is 10.0 Å². The highest BCUT2D eigenvalue weighted by Gasteiger charge is 2.25. The largest absolute Gasteiger partial charge is 0.354 e. The quantitative estimate of drug-likeness (QED) is 0.674. The molecule has 0 aliphatic heterocycles. The van der Waals surface area contributed by atoms with Gasteiger partial charge in [-0.15, -0.1) is 0 Å². The molecule has 8 heteroatoms. The monoisotopic (exact) mass is 391 g/mol. The lowest BCUT2D eigenvalue weighted by Crippen LogP contribution is -2.48. The van der Waals surface area contributed by atoms with Crippen LogP contribution in [-0.2, 0) is 21.2 Å². The van der Waals surface area contributed by atoms with Crippen LogP contribution in [0.2, 0.25) is 5.02 Å². The van der Waals surface area contributed by atoms with Crippen LogP contribution in [0.1, 0.15) is 12.0 Å². The minimum atomic E-state index is -3.91. The fourth-order valence-corrected chi connectivity index (χ4v) is 3.59. The Morgan fingerprint density at radius 2 is 1.77 bits per heavy atom. The van der Waals surface area contributed by atoms with Crippen molar-refractivity contribution in [1.82, 2.24) is 10.0 Å². The fourth-order valence-electron chi connectivity index (χ4n) is 2.27. The molecule has 0 saturated heterocycles. The number of sulfonamides is 1. The number of amides is 1. The summed E-state index contributed by atoms with van der Waals surface area (Å²) in [5.74, 6) is -0.485. The van der Waals surface area contributed by atoms with Gasteiger partial charge in [0.2, 0.25) is 15.9 Å². The summed E-state index contributed by atoms with van der Waals surface area (Å²) >= 11 is 5.79. The van der Waals surface area contributed by atoms with Gasteiger partial charge in [0, 0.05) is 11.6 Å². The highest BCUT2D eigenvalue weighted by Crippen LogP contribution is 2.15. The summed E-state index contributed by atoms with van der Waals surface area (Å²) in [7, 11) is -3.91. The number of nitriles is 1. The first-order valence-electron chi connectivity index (χ1n) is 7.89. The first-order chi connectivity index (χ1) is 12.4. The van der Waals surface area contributed by atoms with E-state index < -0.39 is 22.0 Å². The van der Waals surface area contributed by atoms with Gasteiger partial charge in [-0.3, -0.25) is 4.79 Å². The van der Waals surface area contributed by atoms with E-state index in [2.05, 4.69) is 10.0 Å². The van der Waals surface area contributed by atoms with Crippen LogP contribution in [0.25, 0.3) is 0 Å². The van der Waals surface area contributed by atoms with E-state index in [1.54, 1.807) is 0 Å². The summed E-state index contributed by atoms with van der Waals surface area (Å²) in [5.41, 5.74) is 0.812. The summed E-state index contributed by atoms with van der Waals surface area (Å²) in [6, 6.07) is 15.7. The third-order valence-electron chi connectivity index (χ3n) is 3.56. The van der Waals surface area contributed by atoms with Crippen molar-refractivity contribution in [2.75, 3.05) is 6.54 Å². The number of hydrogen-bond donors (Lipinski definition) is 2. The topological polar surface area (TPSA) is 99.1 Å². The maximum Gasteiger partial charge on any atom is 0.241 e. The summed E-state index contributed by atoms with van der Waals surface area (Å²) in [4.78, 5) is 12.4. The molecule has 0 bridgehead atoms. The second-order valence-corrected chi connectivity index (χ2v) is 7.67. The fraction of sp³-hybridized carbons (Fsp3) is 0.222. The summed E-state index contributed by atoms with van der Waals surface area (Å²) in [6.45, 7) is 0.156. The van der Waals surface area contributed by atoms with Crippen LogP contribution >= 0.6 is 11.6 Å². The second-order valence-electron chi connectivity index (χ2n) is 5.52. The summed E-state index contributed by atoms with van der Waals surface area (Å²) in [5, 5.41) is 11.6. The summed E-state index contributed by atoms with van der Waals surface area (Å²) < 4.78 is 27.6. The normalized spacial score (nSPS) is 12.2. The number of benzene rings is 2. The van der Waals surface area contributed by atoms with Gasteiger partial charge >= 0.3 is 0 Å². The van der Waals surface area contributed by atoms with Crippen molar-refractivity contribution in [2.24, 2.45) is 0 Å². The Kier molecular flexibility index (Phi) is 7.16. The van der Waals surface area contributed by atoms with Crippen LogP contribution in [0, 0.1) is 11.3 Å². The highest BCUT2D eigenvalue weighted by molar-refractivity contribution is 7.89. The average molecular weight is 392 g/mol. The number of nitrogens with one attached hydrogen (secondary N) is 2. The van der Waals surface area contributed by atoms with E-state index >= 15 is 0 Å². The molecule has 0 aliphatic rings. The van der Waals surface area contributed by atoms with Crippen molar-refractivity contribution >= 4 is 27.5 Å². The zero-order chi connectivity index (χ0) is 19.0. The number of hydrogen-bond acceptors (Lipinski definition) is 4. The van der Waals surface area contributed by atoms with Gasteiger partial charge < -0.3 is 5.32 Å². The van der Waals surface area contributed by atoms with E-state index in [0.29, 0.717) is 5.02 Å². The predicted octanol–water partition coefficient (Wildman–Crippen LogP) is 2.26. The van der Waals surface area contributed by atoms with E-state index in [0.717, 1.165) is 5.56 Å². The molecule has 136 valence electrons. The molecule has 2 aromatic carbocycles. The first-order valence-corrected chi connectivity index (χ1v) is 9.75. The number of nitrogens with zero attached hydrogens (tertiary/aromatic N) is 1. The Bertz CT molecular complexity index is 878. The van der Waals surface area contributed by atoms with Crippen molar-refractivity contribution in [2.45, 2.75) is 23.8 Å². The van der Waals surface area contributed by atoms with Crippen LogP contribution in [0.5, 0.6) is 0 Å². The minimum absolute atomic E-state index is 0.0183. The van der Waals surface area contributed by atoms with E-state index in [1.807, 2.05) is 36.4 Å². The molecular formula is C18H18ClN3O3S. The highest BCUT2D eigenvalue weighted by atomic mass is 35.5. The molecule has 0 spiro atoms. The van der Waals surface area contributed by atoms with Gasteiger partial charge in [-0.05, 0) is 36.2 Å². The van der Waals surface area contributed by atoms with Crippen molar-refractivity contribution in [3.05, 3.63) is 65.2 Å². The van der Waals surface area contributed by atoms with Crippen molar-refractivity contribution < 1.29 is 13.2 Å². The number of carbonyl (C=O) groups is 1. The maximum atomic E-state index is 12.6. The SMILES string of the molecule is N#CCCNC(=O)C(Cc1ccccc1)NS(=O)(=O)c1ccc(Cl)cc1. The Hall–Kier alpha value is -2.40. The van der Waals surface area contributed by atoms with E-state index in [9.17, 15) is 13.2 Å². The molecule has 2 rings (SSSR count). The van der Waals surface area contributed by atoms with Gasteiger partial charge in [0.1, 0.15) is 6.04 Å². The smallest absolute Gasteiger partial charge is 0.241 e. The standard InChI is InChI=1S/C18H18ClN3O3S/c19-15-7-9-16(10-8-15)26(24,25)22-17(18(23)21-12-4-11-20)13-14-5-2-1-3-6-14/h1-3,5-10,17,22H,4,12-13H2,(H,21,23). The lowest BCUT2D eigenvalue weighted by Gasteiger charge is -2.18. The Morgan fingerprint density at radius 3 is 2.38 bits per heavy atom. The minimum Gasteiger partial charge on any atom is -0.354 e. The molecule has 0 saturated carbocycles. The van der Waals surface area contributed by atoms with Crippen molar-refractivity contribution in [3.8, 4) is 6.07 Å². The molecule has 2 aromatic rings. The Labute approximate surface area is 157 Å². The molecule has 1 unspecified atom stereocenters. The first kappa shape index (κ1) is 19.9. The van der Waals surface area contributed by atoms with Gasteiger partial charge in [-0.25, -0.2) is 8.42 Å². The third-order valence-corrected chi connectivity index (χ3v) is 5.30. The average Bonchev–Trinajstić information content (AvgIpc) is 2.62. The van der Waals surface area contributed by atoms with Crippen molar-refractivity contribution in [1.29, 1.82) is 5.26 Å². The van der Waals surface area contributed by atoms with Gasteiger partial charge in [-0.2, -0.15) is 9.98 Å². The molecule has 1 atom stereocenters. The molecule has 1 amide bonds. The second kappa shape index (κ2) is 9.34. The molecule has 0 radical (unpaired) electrons. The molecule has 6 nitrogen and oxygen atoms in total. The van der Waals surface area contributed by atoms with Gasteiger partial charge in [0.25, 0.3) is 0 Å². The maximum absolute atomic E-state index is 12.6. The zero-order valence-corrected chi connectivity index (χ0v) is 15.4. The van der Waals surface area contributed by atoms with Crippen LogP contribution in [0.15, 0.2) is 59.5 Å². The molecule has 2 N–H and O–H groups in total. The van der Waals surface area contributed by atoms with Crippen molar-refractivity contribution in [3.63, 3.8) is 0 Å². The van der Waals surface area contributed by atoms with Gasteiger partial charge in [0.15, 0.2) is 0 Å². The van der Waals surface area contributed by atoms with E-state index in [4.69, 9.17) is 16.9 Å². The molecule has 0 aliphatic carbocycles. The lowest BCUT2D eigenvalue weighted by molar-refractivity contribution is -0.122. The van der Waals surface area contributed by atoms with Crippen LogP contribution in [0.4, 0.5) is 0 Å². The summed E-state index contributed by atoms with van der Waals surface area (Å²) in [6.07, 6.45) is 0.333. The molecular weight excluding hydrogens is 374 g/mol. The van der Waals surface area contributed by atoms with E-state index in [-0.39, 0.29) is 24.3 Å².